The SMILES string of the molecule is O=C(NCC1CCN(c2ccc(F)cc2)C1)c1ccc(COCC(F)(F)F)cc1. The zero-order valence-corrected chi connectivity index (χ0v) is 15.7. The molecule has 0 aromatic heterocycles. The molecule has 156 valence electrons. The molecule has 1 fully saturated rings. The molecule has 0 saturated carbocycles. The number of hydrogen-bond acceptors (Lipinski definition) is 3. The van der Waals surface area contributed by atoms with E-state index in [9.17, 15) is 22.4 Å². The Bertz CT molecular complexity index is 807. The van der Waals surface area contributed by atoms with Crippen LogP contribution >= 0.6 is 0 Å². The monoisotopic (exact) mass is 410 g/mol. The summed E-state index contributed by atoms with van der Waals surface area (Å²) in [5, 5.41) is 2.90. The lowest BCUT2D eigenvalue weighted by molar-refractivity contribution is -0.176. The zero-order valence-electron chi connectivity index (χ0n) is 15.7. The second-order valence-corrected chi connectivity index (χ2v) is 7.09. The van der Waals surface area contributed by atoms with Gasteiger partial charge in [-0.2, -0.15) is 13.2 Å². The lowest BCUT2D eigenvalue weighted by atomic mass is 10.1. The maximum atomic E-state index is 13.0. The standard InChI is InChI=1S/C21H22F4N2O2/c22-18-5-7-19(8-6-18)27-10-9-16(12-27)11-26-20(28)17-3-1-15(2-4-17)13-29-14-21(23,24)25/h1-8,16H,9-14H2,(H,26,28). The van der Waals surface area contributed by atoms with E-state index in [1.165, 1.54) is 12.1 Å². The van der Waals surface area contributed by atoms with Crippen LogP contribution in [0.15, 0.2) is 48.5 Å². The minimum absolute atomic E-state index is 0.164. The highest BCUT2D eigenvalue weighted by atomic mass is 19.4. The Morgan fingerprint density at radius 1 is 1.10 bits per heavy atom. The van der Waals surface area contributed by atoms with Gasteiger partial charge in [-0.25, -0.2) is 4.39 Å². The summed E-state index contributed by atoms with van der Waals surface area (Å²) in [4.78, 5) is 14.5. The van der Waals surface area contributed by atoms with E-state index in [-0.39, 0.29) is 18.3 Å². The van der Waals surface area contributed by atoms with Gasteiger partial charge in [-0.05, 0) is 54.3 Å². The number of carbonyl (C=O) groups is 1. The predicted octanol–water partition coefficient (Wildman–Crippen LogP) is 4.16. The van der Waals surface area contributed by atoms with Gasteiger partial charge in [0.2, 0.25) is 0 Å². The van der Waals surface area contributed by atoms with Crippen molar-refractivity contribution in [3.8, 4) is 0 Å². The van der Waals surface area contributed by atoms with E-state index < -0.39 is 12.8 Å². The van der Waals surface area contributed by atoms with Crippen LogP contribution in [-0.4, -0.2) is 38.3 Å². The highest BCUT2D eigenvalue weighted by Gasteiger charge is 2.27. The molecule has 1 saturated heterocycles. The molecule has 2 aromatic carbocycles. The number of carbonyl (C=O) groups excluding carboxylic acids is 1. The summed E-state index contributed by atoms with van der Waals surface area (Å²) in [5.74, 6) is -0.207. The van der Waals surface area contributed by atoms with Gasteiger partial charge in [-0.3, -0.25) is 4.79 Å². The molecule has 1 atom stereocenters. The number of alkyl halides is 3. The third-order valence-electron chi connectivity index (χ3n) is 4.78. The van der Waals surface area contributed by atoms with Gasteiger partial charge in [0.05, 0.1) is 6.61 Å². The number of nitrogens with zero attached hydrogens (tertiary/aromatic N) is 1. The van der Waals surface area contributed by atoms with Crippen molar-refractivity contribution in [1.29, 1.82) is 0 Å². The molecular formula is C21H22F4N2O2. The maximum Gasteiger partial charge on any atom is 0.411 e. The van der Waals surface area contributed by atoms with Gasteiger partial charge < -0.3 is 15.0 Å². The van der Waals surface area contributed by atoms with E-state index in [0.29, 0.717) is 23.6 Å². The first-order chi connectivity index (χ1) is 13.8. The molecule has 0 radical (unpaired) electrons. The van der Waals surface area contributed by atoms with E-state index in [1.807, 2.05) is 0 Å². The fraction of sp³-hybridized carbons (Fsp3) is 0.381. The minimum atomic E-state index is -4.35. The number of anilines is 1. The van der Waals surface area contributed by atoms with Crippen molar-refractivity contribution in [2.24, 2.45) is 5.92 Å². The number of hydrogen-bond donors (Lipinski definition) is 1. The highest BCUT2D eigenvalue weighted by molar-refractivity contribution is 5.94. The van der Waals surface area contributed by atoms with Crippen LogP contribution in [-0.2, 0) is 11.3 Å². The Labute approximate surface area is 166 Å². The van der Waals surface area contributed by atoms with Gasteiger partial charge in [0.15, 0.2) is 0 Å². The molecule has 0 bridgehead atoms. The van der Waals surface area contributed by atoms with Crippen molar-refractivity contribution < 1.29 is 27.1 Å². The van der Waals surface area contributed by atoms with Crippen molar-refractivity contribution in [3.05, 3.63) is 65.5 Å². The van der Waals surface area contributed by atoms with Gasteiger partial charge in [0.25, 0.3) is 5.91 Å². The Kier molecular flexibility index (Phi) is 6.74. The van der Waals surface area contributed by atoms with Gasteiger partial charge in [0, 0.05) is 30.9 Å². The van der Waals surface area contributed by atoms with Crippen molar-refractivity contribution in [3.63, 3.8) is 0 Å². The Morgan fingerprint density at radius 2 is 1.79 bits per heavy atom. The van der Waals surface area contributed by atoms with Crippen LogP contribution in [0.5, 0.6) is 0 Å². The minimum Gasteiger partial charge on any atom is -0.371 e. The lowest BCUT2D eigenvalue weighted by Crippen LogP contribution is -2.31. The summed E-state index contributed by atoms with van der Waals surface area (Å²) >= 11 is 0. The smallest absolute Gasteiger partial charge is 0.371 e. The van der Waals surface area contributed by atoms with Crippen molar-refractivity contribution in [2.75, 3.05) is 31.1 Å². The van der Waals surface area contributed by atoms with Crippen LogP contribution in [0.25, 0.3) is 0 Å². The average molecular weight is 410 g/mol. The zero-order chi connectivity index (χ0) is 20.9. The first kappa shape index (κ1) is 21.1. The van der Waals surface area contributed by atoms with E-state index >= 15 is 0 Å². The summed E-state index contributed by atoms with van der Waals surface area (Å²) in [6.45, 7) is 0.682. The topological polar surface area (TPSA) is 41.6 Å². The Hall–Kier alpha value is -2.61. The van der Waals surface area contributed by atoms with Crippen molar-refractivity contribution >= 4 is 11.6 Å². The molecule has 1 amide bonds. The Balaban J connectivity index is 1.43. The predicted molar refractivity (Wildman–Crippen MR) is 101 cm³/mol. The molecular weight excluding hydrogens is 388 g/mol. The molecule has 1 aliphatic rings. The molecule has 0 aliphatic carbocycles. The van der Waals surface area contributed by atoms with Crippen LogP contribution in [0.3, 0.4) is 0 Å². The first-order valence-corrected chi connectivity index (χ1v) is 9.32. The number of benzene rings is 2. The van der Waals surface area contributed by atoms with Crippen molar-refractivity contribution in [2.45, 2.75) is 19.2 Å². The molecule has 3 rings (SSSR count). The van der Waals surface area contributed by atoms with Gasteiger partial charge in [-0.15, -0.1) is 0 Å². The largest absolute Gasteiger partial charge is 0.411 e. The lowest BCUT2D eigenvalue weighted by Gasteiger charge is -2.19. The molecule has 2 aromatic rings. The molecule has 1 aliphatic heterocycles. The molecule has 8 heteroatoms. The van der Waals surface area contributed by atoms with Crippen LogP contribution in [0, 0.1) is 11.7 Å². The van der Waals surface area contributed by atoms with E-state index in [2.05, 4.69) is 15.0 Å². The summed E-state index contributed by atoms with van der Waals surface area (Å²) in [6, 6.07) is 12.7. The summed E-state index contributed by atoms with van der Waals surface area (Å²) in [6.07, 6.45) is -3.43. The summed E-state index contributed by atoms with van der Waals surface area (Å²) < 4.78 is 53.9. The fourth-order valence-corrected chi connectivity index (χ4v) is 3.26. The third kappa shape index (κ3) is 6.45. The van der Waals surface area contributed by atoms with Gasteiger partial charge >= 0.3 is 6.18 Å². The number of nitrogens with one attached hydrogen (secondary N) is 1. The quantitative estimate of drug-likeness (QED) is 0.697. The second-order valence-electron chi connectivity index (χ2n) is 7.09. The van der Waals surface area contributed by atoms with Gasteiger partial charge in [0.1, 0.15) is 12.4 Å². The number of amides is 1. The molecule has 4 nitrogen and oxygen atoms in total. The van der Waals surface area contributed by atoms with E-state index in [1.54, 1.807) is 36.4 Å². The van der Waals surface area contributed by atoms with Crippen molar-refractivity contribution in [1.82, 2.24) is 5.32 Å². The third-order valence-corrected chi connectivity index (χ3v) is 4.78. The highest BCUT2D eigenvalue weighted by Crippen LogP contribution is 2.23. The van der Waals surface area contributed by atoms with Gasteiger partial charge in [-0.1, -0.05) is 12.1 Å². The Morgan fingerprint density at radius 3 is 2.45 bits per heavy atom. The maximum absolute atomic E-state index is 13.0. The molecule has 1 unspecified atom stereocenters. The van der Waals surface area contributed by atoms with Crippen LogP contribution in [0.4, 0.5) is 23.2 Å². The number of rotatable bonds is 7. The molecule has 29 heavy (non-hydrogen) atoms. The number of ether oxygens (including phenoxy) is 1. The van der Waals surface area contributed by atoms with Crippen LogP contribution in [0.2, 0.25) is 0 Å². The molecule has 0 spiro atoms. The normalized spacial score (nSPS) is 16.8. The summed E-state index contributed by atoms with van der Waals surface area (Å²) in [5.41, 5.74) is 1.97. The second kappa shape index (κ2) is 9.26. The molecule has 1 N–H and O–H groups in total. The van der Waals surface area contributed by atoms with Crippen LogP contribution < -0.4 is 10.2 Å². The summed E-state index contributed by atoms with van der Waals surface area (Å²) in [7, 11) is 0. The first-order valence-electron chi connectivity index (χ1n) is 9.32. The van der Waals surface area contributed by atoms with E-state index in [4.69, 9.17) is 0 Å². The number of halogens is 4. The average Bonchev–Trinajstić information content (AvgIpc) is 3.15. The molecule has 1 heterocycles. The van der Waals surface area contributed by atoms with Crippen LogP contribution in [0.1, 0.15) is 22.3 Å². The fourth-order valence-electron chi connectivity index (χ4n) is 3.26. The van der Waals surface area contributed by atoms with E-state index in [0.717, 1.165) is 25.2 Å².